The highest BCUT2D eigenvalue weighted by molar-refractivity contribution is 6.01. The van der Waals surface area contributed by atoms with Crippen LogP contribution in [0.15, 0.2) is 42.7 Å². The molecule has 2 aromatic rings. The van der Waals surface area contributed by atoms with E-state index in [2.05, 4.69) is 16.4 Å². The molecule has 1 N–H and O–H groups in total. The third kappa shape index (κ3) is 2.31. The third-order valence-corrected chi connectivity index (χ3v) is 3.20. The summed E-state index contributed by atoms with van der Waals surface area (Å²) in [5.41, 5.74) is 3.24. The quantitative estimate of drug-likeness (QED) is 0.899. The van der Waals surface area contributed by atoms with Crippen molar-refractivity contribution >= 4 is 17.3 Å². The molecule has 1 amide bonds. The summed E-state index contributed by atoms with van der Waals surface area (Å²) in [7, 11) is 0. The molecule has 3 rings (SSSR count). The first kappa shape index (κ1) is 12.2. The second-order valence-electron chi connectivity index (χ2n) is 4.60. The van der Waals surface area contributed by atoms with Gasteiger partial charge in [0.2, 0.25) is 5.91 Å². The maximum Gasteiger partial charge on any atom is 0.243 e. The van der Waals surface area contributed by atoms with Gasteiger partial charge in [-0.25, -0.2) is 0 Å². The number of amides is 1. The Morgan fingerprint density at radius 1 is 1.30 bits per heavy atom. The number of pyridine rings is 1. The second-order valence-corrected chi connectivity index (χ2v) is 4.60. The van der Waals surface area contributed by atoms with E-state index >= 15 is 0 Å². The average Bonchev–Trinajstić information content (AvgIpc) is 2.47. The zero-order chi connectivity index (χ0) is 13.9. The Kier molecular flexibility index (Phi) is 3.05. The summed E-state index contributed by atoms with van der Waals surface area (Å²) in [6.45, 7) is 0.941. The van der Waals surface area contributed by atoms with Gasteiger partial charge in [-0.3, -0.25) is 9.78 Å². The minimum atomic E-state index is -0.0679. The highest BCUT2D eigenvalue weighted by atomic mass is 16.2. The van der Waals surface area contributed by atoms with Crippen LogP contribution in [0.1, 0.15) is 11.1 Å². The number of nitrogens with zero attached hydrogens (tertiary/aromatic N) is 3. The number of aromatic nitrogens is 1. The van der Waals surface area contributed by atoms with Crippen LogP contribution in [0.25, 0.3) is 0 Å². The number of nitrogens with one attached hydrogen (secondary N) is 1. The van der Waals surface area contributed by atoms with Crippen molar-refractivity contribution in [2.24, 2.45) is 0 Å². The molecule has 0 aliphatic carbocycles. The van der Waals surface area contributed by atoms with Gasteiger partial charge in [0.25, 0.3) is 0 Å². The summed E-state index contributed by atoms with van der Waals surface area (Å²) in [6, 6.07) is 11.3. The lowest BCUT2D eigenvalue weighted by Crippen LogP contribution is -2.37. The molecule has 1 aliphatic rings. The molecule has 1 aliphatic heterocycles. The van der Waals surface area contributed by atoms with Gasteiger partial charge in [-0.2, -0.15) is 5.26 Å². The summed E-state index contributed by atoms with van der Waals surface area (Å²) < 4.78 is 0. The number of carbonyl (C=O) groups excluding carboxylic acids is 1. The molecule has 0 spiro atoms. The zero-order valence-corrected chi connectivity index (χ0v) is 10.7. The Morgan fingerprint density at radius 3 is 2.85 bits per heavy atom. The van der Waals surface area contributed by atoms with Gasteiger partial charge >= 0.3 is 0 Å². The van der Waals surface area contributed by atoms with Gasteiger partial charge in [-0.1, -0.05) is 0 Å². The van der Waals surface area contributed by atoms with E-state index in [9.17, 15) is 4.79 Å². The van der Waals surface area contributed by atoms with E-state index in [0.717, 1.165) is 11.3 Å². The van der Waals surface area contributed by atoms with Crippen molar-refractivity contribution < 1.29 is 4.79 Å². The molecule has 1 aromatic carbocycles. The van der Waals surface area contributed by atoms with Gasteiger partial charge in [0, 0.05) is 18.9 Å². The van der Waals surface area contributed by atoms with Crippen LogP contribution in [0.2, 0.25) is 0 Å². The Balaban J connectivity index is 1.94. The van der Waals surface area contributed by atoms with Gasteiger partial charge in [-0.15, -0.1) is 0 Å². The van der Waals surface area contributed by atoms with E-state index in [1.807, 2.05) is 23.1 Å². The highest BCUT2D eigenvalue weighted by Crippen LogP contribution is 2.31. The molecule has 0 fully saturated rings. The maximum absolute atomic E-state index is 11.8. The molecule has 0 saturated carbocycles. The Morgan fingerprint density at radius 2 is 2.10 bits per heavy atom. The smallest absolute Gasteiger partial charge is 0.243 e. The van der Waals surface area contributed by atoms with Gasteiger partial charge in [0.05, 0.1) is 29.6 Å². The molecule has 0 radical (unpaired) electrons. The predicted octanol–water partition coefficient (Wildman–Crippen LogP) is 1.91. The second kappa shape index (κ2) is 5.02. The Bertz CT molecular complexity index is 691. The monoisotopic (exact) mass is 264 g/mol. The van der Waals surface area contributed by atoms with E-state index < -0.39 is 0 Å². The van der Waals surface area contributed by atoms with Crippen molar-refractivity contribution in [1.82, 2.24) is 4.98 Å². The van der Waals surface area contributed by atoms with Crippen LogP contribution in [-0.2, 0) is 11.3 Å². The summed E-state index contributed by atoms with van der Waals surface area (Å²) >= 11 is 0. The molecule has 0 saturated heterocycles. The van der Waals surface area contributed by atoms with Crippen molar-refractivity contribution in [3.63, 3.8) is 0 Å². The number of anilines is 2. The van der Waals surface area contributed by atoms with Crippen LogP contribution in [0.5, 0.6) is 0 Å². The van der Waals surface area contributed by atoms with E-state index in [1.54, 1.807) is 24.5 Å². The first-order valence-corrected chi connectivity index (χ1v) is 6.24. The number of hydrogen-bond acceptors (Lipinski definition) is 4. The first-order chi connectivity index (χ1) is 9.76. The van der Waals surface area contributed by atoms with Crippen LogP contribution < -0.4 is 10.2 Å². The fourth-order valence-electron chi connectivity index (χ4n) is 2.28. The molecular formula is C15H12N4O. The van der Waals surface area contributed by atoms with Gasteiger partial charge in [0.1, 0.15) is 0 Å². The highest BCUT2D eigenvalue weighted by Gasteiger charge is 2.22. The third-order valence-electron chi connectivity index (χ3n) is 3.20. The molecule has 5 heteroatoms. The molecule has 1 aromatic heterocycles. The fraction of sp³-hybridized carbons (Fsp3) is 0.133. The largest absolute Gasteiger partial charge is 0.356 e. The van der Waals surface area contributed by atoms with E-state index in [-0.39, 0.29) is 5.91 Å². The molecule has 2 heterocycles. The summed E-state index contributed by atoms with van der Waals surface area (Å²) in [5, 5.41) is 11.7. The van der Waals surface area contributed by atoms with Crippen LogP contribution in [0.3, 0.4) is 0 Å². The number of rotatable bonds is 2. The Labute approximate surface area is 116 Å². The van der Waals surface area contributed by atoms with Crippen LogP contribution in [0.4, 0.5) is 11.4 Å². The number of hydrogen-bond donors (Lipinski definition) is 1. The van der Waals surface area contributed by atoms with Crippen molar-refractivity contribution in [1.29, 1.82) is 5.26 Å². The molecule has 5 nitrogen and oxygen atoms in total. The summed E-state index contributed by atoms with van der Waals surface area (Å²) in [5.74, 6) is -0.0679. The number of nitriles is 1. The topological polar surface area (TPSA) is 69.0 Å². The molecule has 0 unspecified atom stereocenters. The summed E-state index contributed by atoms with van der Waals surface area (Å²) in [4.78, 5) is 17.8. The molecule has 0 bridgehead atoms. The van der Waals surface area contributed by atoms with E-state index in [1.165, 1.54) is 0 Å². The number of benzene rings is 1. The van der Waals surface area contributed by atoms with Crippen LogP contribution >= 0.6 is 0 Å². The number of fused-ring (bicyclic) bond motifs is 1. The Hall–Kier alpha value is -2.87. The summed E-state index contributed by atoms with van der Waals surface area (Å²) in [6.07, 6.45) is 3.47. The van der Waals surface area contributed by atoms with Crippen molar-refractivity contribution in [2.75, 3.05) is 16.8 Å². The van der Waals surface area contributed by atoms with Crippen molar-refractivity contribution in [2.45, 2.75) is 6.54 Å². The minimum Gasteiger partial charge on any atom is -0.356 e. The SMILES string of the molecule is N#Cc1ccc2c(c1)NC(=O)CN2Cc1ccncc1. The van der Waals surface area contributed by atoms with E-state index in [0.29, 0.717) is 24.3 Å². The van der Waals surface area contributed by atoms with Gasteiger partial charge in [-0.05, 0) is 35.9 Å². The van der Waals surface area contributed by atoms with Gasteiger partial charge in [0.15, 0.2) is 0 Å². The molecule has 0 atom stereocenters. The lowest BCUT2D eigenvalue weighted by Gasteiger charge is -2.31. The fourth-order valence-corrected chi connectivity index (χ4v) is 2.28. The molecular weight excluding hydrogens is 252 g/mol. The first-order valence-electron chi connectivity index (χ1n) is 6.24. The maximum atomic E-state index is 11.8. The number of carbonyl (C=O) groups is 1. The zero-order valence-electron chi connectivity index (χ0n) is 10.7. The molecule has 20 heavy (non-hydrogen) atoms. The van der Waals surface area contributed by atoms with Crippen LogP contribution in [-0.4, -0.2) is 17.4 Å². The van der Waals surface area contributed by atoms with Crippen LogP contribution in [0, 0.1) is 11.3 Å². The molecule has 98 valence electrons. The van der Waals surface area contributed by atoms with Crippen molar-refractivity contribution in [3.8, 4) is 6.07 Å². The standard InChI is InChI=1S/C15H12N4O/c16-8-12-1-2-14-13(7-12)18-15(20)10-19(14)9-11-3-5-17-6-4-11/h1-7H,9-10H2,(H,18,20). The van der Waals surface area contributed by atoms with Crippen molar-refractivity contribution in [3.05, 3.63) is 53.9 Å². The normalized spacial score (nSPS) is 13.3. The minimum absolute atomic E-state index is 0.0679. The van der Waals surface area contributed by atoms with E-state index in [4.69, 9.17) is 5.26 Å². The lowest BCUT2D eigenvalue weighted by molar-refractivity contribution is -0.115. The lowest BCUT2D eigenvalue weighted by atomic mass is 10.1. The van der Waals surface area contributed by atoms with Gasteiger partial charge < -0.3 is 10.2 Å². The predicted molar refractivity (Wildman–Crippen MR) is 75.1 cm³/mol. The average molecular weight is 264 g/mol.